The zero-order valence-corrected chi connectivity index (χ0v) is 10.7. The van der Waals surface area contributed by atoms with Crippen molar-refractivity contribution in [2.24, 2.45) is 5.92 Å². The number of aliphatic hydroxyl groups excluding tert-OH is 1. The molecule has 0 aliphatic heterocycles. The van der Waals surface area contributed by atoms with Crippen molar-refractivity contribution in [2.45, 2.75) is 50.1 Å². The van der Waals surface area contributed by atoms with Crippen molar-refractivity contribution >= 4 is 0 Å². The van der Waals surface area contributed by atoms with E-state index in [0.29, 0.717) is 5.92 Å². The fourth-order valence-corrected chi connectivity index (χ4v) is 3.23. The van der Waals surface area contributed by atoms with Gasteiger partial charge in [-0.1, -0.05) is 12.8 Å². The summed E-state index contributed by atoms with van der Waals surface area (Å²) in [6.45, 7) is 1.26. The molecule has 2 saturated carbocycles. The van der Waals surface area contributed by atoms with Crippen LogP contribution < -0.4 is 5.32 Å². The number of nitrogens with zero attached hydrogens (tertiary/aromatic N) is 1. The van der Waals surface area contributed by atoms with Crippen molar-refractivity contribution in [3.63, 3.8) is 0 Å². The van der Waals surface area contributed by atoms with Crippen LogP contribution in [-0.4, -0.2) is 48.8 Å². The van der Waals surface area contributed by atoms with Gasteiger partial charge in [-0.15, -0.1) is 0 Å². The standard InChI is InChI=1S/C13H26N2O/c1-14-13(10-16,11-7-8-11)9-15(2)12-5-3-4-6-12/h11-12,14,16H,3-10H2,1-2H3. The second kappa shape index (κ2) is 5.03. The van der Waals surface area contributed by atoms with Crippen LogP contribution >= 0.6 is 0 Å². The number of rotatable bonds is 6. The van der Waals surface area contributed by atoms with Crippen molar-refractivity contribution in [3.05, 3.63) is 0 Å². The molecule has 0 amide bonds. The fourth-order valence-electron chi connectivity index (χ4n) is 3.23. The van der Waals surface area contributed by atoms with Crippen LogP contribution in [0.3, 0.4) is 0 Å². The molecule has 1 unspecified atom stereocenters. The topological polar surface area (TPSA) is 35.5 Å². The van der Waals surface area contributed by atoms with Gasteiger partial charge in [0.1, 0.15) is 0 Å². The Kier molecular flexibility index (Phi) is 3.88. The summed E-state index contributed by atoms with van der Waals surface area (Å²) < 4.78 is 0. The lowest BCUT2D eigenvalue weighted by Gasteiger charge is -2.38. The van der Waals surface area contributed by atoms with Crippen LogP contribution in [0.1, 0.15) is 38.5 Å². The SMILES string of the molecule is CNC(CO)(CN(C)C1CCCC1)C1CC1. The smallest absolute Gasteiger partial charge is 0.0628 e. The summed E-state index contributed by atoms with van der Waals surface area (Å²) in [7, 11) is 4.22. The van der Waals surface area contributed by atoms with Gasteiger partial charge in [0.05, 0.1) is 12.1 Å². The molecule has 2 rings (SSSR count). The third kappa shape index (κ3) is 2.41. The lowest BCUT2D eigenvalue weighted by Crippen LogP contribution is -2.57. The van der Waals surface area contributed by atoms with E-state index < -0.39 is 0 Å². The minimum atomic E-state index is -0.0443. The van der Waals surface area contributed by atoms with E-state index in [1.807, 2.05) is 7.05 Å². The van der Waals surface area contributed by atoms with Crippen LogP contribution in [-0.2, 0) is 0 Å². The van der Waals surface area contributed by atoms with E-state index in [1.165, 1.54) is 38.5 Å². The van der Waals surface area contributed by atoms with Crippen LogP contribution in [0.2, 0.25) is 0 Å². The quantitative estimate of drug-likeness (QED) is 0.715. The van der Waals surface area contributed by atoms with Crippen LogP contribution in [0.5, 0.6) is 0 Å². The molecule has 1 atom stereocenters. The Balaban J connectivity index is 1.93. The Hall–Kier alpha value is -0.120. The molecule has 0 bridgehead atoms. The molecule has 16 heavy (non-hydrogen) atoms. The summed E-state index contributed by atoms with van der Waals surface area (Å²) in [4.78, 5) is 2.47. The molecule has 3 heteroatoms. The van der Waals surface area contributed by atoms with Gasteiger partial charge in [-0.3, -0.25) is 0 Å². The first-order chi connectivity index (χ1) is 7.72. The van der Waals surface area contributed by atoms with Gasteiger partial charge in [-0.2, -0.15) is 0 Å². The highest BCUT2D eigenvalue weighted by atomic mass is 16.3. The Morgan fingerprint density at radius 2 is 1.88 bits per heavy atom. The van der Waals surface area contributed by atoms with E-state index >= 15 is 0 Å². The van der Waals surface area contributed by atoms with E-state index in [-0.39, 0.29) is 12.1 Å². The van der Waals surface area contributed by atoms with Gasteiger partial charge in [-0.05, 0) is 45.7 Å². The predicted molar refractivity (Wildman–Crippen MR) is 66.5 cm³/mol. The zero-order chi connectivity index (χ0) is 11.6. The van der Waals surface area contributed by atoms with Gasteiger partial charge in [0.25, 0.3) is 0 Å². The largest absolute Gasteiger partial charge is 0.394 e. The highest BCUT2D eigenvalue weighted by molar-refractivity contribution is 5.02. The van der Waals surface area contributed by atoms with Gasteiger partial charge in [0.15, 0.2) is 0 Å². The Morgan fingerprint density at radius 1 is 1.25 bits per heavy atom. The normalized spacial score (nSPS) is 26.2. The molecule has 0 saturated heterocycles. The Morgan fingerprint density at radius 3 is 2.31 bits per heavy atom. The molecule has 2 fully saturated rings. The third-order valence-electron chi connectivity index (χ3n) is 4.62. The minimum Gasteiger partial charge on any atom is -0.394 e. The molecular weight excluding hydrogens is 200 g/mol. The fraction of sp³-hybridized carbons (Fsp3) is 1.00. The molecule has 94 valence electrons. The lowest BCUT2D eigenvalue weighted by molar-refractivity contribution is 0.0905. The number of likely N-dealkylation sites (N-methyl/N-ethyl adjacent to an activating group) is 2. The first kappa shape index (κ1) is 12.3. The molecular formula is C13H26N2O. The molecule has 0 aromatic carbocycles. The summed E-state index contributed by atoms with van der Waals surface area (Å²) in [6, 6.07) is 0.748. The van der Waals surface area contributed by atoms with Gasteiger partial charge >= 0.3 is 0 Å². The molecule has 0 radical (unpaired) electrons. The highest BCUT2D eigenvalue weighted by Crippen LogP contribution is 2.40. The number of nitrogens with one attached hydrogen (secondary N) is 1. The maximum atomic E-state index is 9.69. The average molecular weight is 226 g/mol. The summed E-state index contributed by atoms with van der Waals surface area (Å²) in [5.74, 6) is 0.686. The number of hydrogen-bond donors (Lipinski definition) is 2. The van der Waals surface area contributed by atoms with Crippen LogP contribution in [0.4, 0.5) is 0 Å². The monoisotopic (exact) mass is 226 g/mol. The lowest BCUT2D eigenvalue weighted by atomic mass is 9.93. The van der Waals surface area contributed by atoms with Crippen molar-refractivity contribution in [2.75, 3.05) is 27.2 Å². The highest BCUT2D eigenvalue weighted by Gasteiger charge is 2.45. The average Bonchev–Trinajstić information content (AvgIpc) is 3.01. The van der Waals surface area contributed by atoms with Gasteiger partial charge in [-0.25, -0.2) is 0 Å². The predicted octanol–water partition coefficient (Wildman–Crippen LogP) is 1.22. The molecule has 0 aromatic rings. The van der Waals surface area contributed by atoms with E-state index in [9.17, 15) is 5.11 Å². The summed E-state index contributed by atoms with van der Waals surface area (Å²) in [5, 5.41) is 13.1. The molecule has 0 heterocycles. The number of aliphatic hydroxyl groups is 1. The number of hydrogen-bond acceptors (Lipinski definition) is 3. The first-order valence-corrected chi connectivity index (χ1v) is 6.72. The second-order valence-corrected chi connectivity index (χ2v) is 5.69. The Labute approximate surface area is 99.2 Å². The van der Waals surface area contributed by atoms with Crippen molar-refractivity contribution in [1.29, 1.82) is 0 Å². The van der Waals surface area contributed by atoms with E-state index in [2.05, 4.69) is 17.3 Å². The summed E-state index contributed by atoms with van der Waals surface area (Å²) >= 11 is 0. The van der Waals surface area contributed by atoms with E-state index in [0.717, 1.165) is 12.6 Å². The van der Waals surface area contributed by atoms with E-state index in [4.69, 9.17) is 0 Å². The minimum absolute atomic E-state index is 0.0443. The third-order valence-corrected chi connectivity index (χ3v) is 4.62. The zero-order valence-electron chi connectivity index (χ0n) is 10.7. The van der Waals surface area contributed by atoms with Gasteiger partial charge in [0.2, 0.25) is 0 Å². The molecule has 2 aliphatic rings. The molecule has 0 aromatic heterocycles. The maximum absolute atomic E-state index is 9.69. The van der Waals surface area contributed by atoms with Crippen LogP contribution in [0.15, 0.2) is 0 Å². The Bertz CT molecular complexity index is 218. The van der Waals surface area contributed by atoms with Crippen molar-refractivity contribution in [1.82, 2.24) is 10.2 Å². The van der Waals surface area contributed by atoms with Crippen LogP contribution in [0, 0.1) is 5.92 Å². The van der Waals surface area contributed by atoms with E-state index in [1.54, 1.807) is 0 Å². The van der Waals surface area contributed by atoms with Crippen molar-refractivity contribution in [3.8, 4) is 0 Å². The second-order valence-electron chi connectivity index (χ2n) is 5.69. The summed E-state index contributed by atoms with van der Waals surface area (Å²) in [5.41, 5.74) is -0.0443. The van der Waals surface area contributed by atoms with Gasteiger partial charge < -0.3 is 15.3 Å². The molecule has 2 aliphatic carbocycles. The first-order valence-electron chi connectivity index (χ1n) is 6.72. The molecule has 2 N–H and O–H groups in total. The summed E-state index contributed by atoms with van der Waals surface area (Å²) in [6.07, 6.45) is 7.99. The maximum Gasteiger partial charge on any atom is 0.0628 e. The van der Waals surface area contributed by atoms with Crippen molar-refractivity contribution < 1.29 is 5.11 Å². The van der Waals surface area contributed by atoms with Crippen LogP contribution in [0.25, 0.3) is 0 Å². The van der Waals surface area contributed by atoms with Gasteiger partial charge in [0, 0.05) is 12.6 Å². The molecule has 3 nitrogen and oxygen atoms in total. The molecule has 0 spiro atoms.